The second-order valence-corrected chi connectivity index (χ2v) is 4.22. The number of hydrogen-bond donors (Lipinski definition) is 2. The van der Waals surface area contributed by atoms with Crippen LogP contribution in [-0.2, 0) is 0 Å². The van der Waals surface area contributed by atoms with Crippen molar-refractivity contribution < 1.29 is 22.7 Å². The van der Waals surface area contributed by atoms with Crippen molar-refractivity contribution in [3.8, 4) is 18.1 Å². The number of hydrogen-bond acceptors (Lipinski definition) is 3. The fourth-order valence-corrected chi connectivity index (χ4v) is 1.56. The van der Waals surface area contributed by atoms with Gasteiger partial charge >= 0.3 is 6.36 Å². The SMILES string of the molecule is C#CCCCCNC(=O)c1ccc(OC(F)(F)F)c(N)c1. The lowest BCUT2D eigenvalue weighted by atomic mass is 10.1. The predicted octanol–water partition coefficient (Wildman–Crippen LogP) is 2.70. The van der Waals surface area contributed by atoms with E-state index in [-0.39, 0.29) is 11.3 Å². The quantitative estimate of drug-likeness (QED) is 0.482. The Morgan fingerprint density at radius 3 is 2.67 bits per heavy atom. The fourth-order valence-electron chi connectivity index (χ4n) is 1.56. The molecular weight excluding hydrogens is 285 g/mol. The van der Waals surface area contributed by atoms with Gasteiger partial charge in [-0.3, -0.25) is 4.79 Å². The van der Waals surface area contributed by atoms with Gasteiger partial charge in [0, 0.05) is 18.5 Å². The minimum Gasteiger partial charge on any atom is -0.404 e. The van der Waals surface area contributed by atoms with Gasteiger partial charge in [-0.25, -0.2) is 0 Å². The minimum atomic E-state index is -4.82. The lowest BCUT2D eigenvalue weighted by molar-refractivity contribution is -0.274. The summed E-state index contributed by atoms with van der Waals surface area (Å²) in [4.78, 5) is 11.8. The smallest absolute Gasteiger partial charge is 0.404 e. The molecule has 1 amide bonds. The van der Waals surface area contributed by atoms with E-state index in [0.717, 1.165) is 25.0 Å². The summed E-state index contributed by atoms with van der Waals surface area (Å²) < 4.78 is 40.0. The molecule has 0 aliphatic carbocycles. The van der Waals surface area contributed by atoms with E-state index in [1.807, 2.05) is 0 Å². The highest BCUT2D eigenvalue weighted by atomic mass is 19.4. The van der Waals surface area contributed by atoms with Crippen LogP contribution < -0.4 is 15.8 Å². The maximum Gasteiger partial charge on any atom is 0.573 e. The maximum absolute atomic E-state index is 12.1. The Morgan fingerprint density at radius 1 is 1.38 bits per heavy atom. The summed E-state index contributed by atoms with van der Waals surface area (Å²) >= 11 is 0. The summed E-state index contributed by atoms with van der Waals surface area (Å²) in [6, 6.07) is 3.36. The molecule has 0 aromatic heterocycles. The van der Waals surface area contributed by atoms with Crippen molar-refractivity contribution in [2.45, 2.75) is 25.6 Å². The van der Waals surface area contributed by atoms with Crippen molar-refractivity contribution in [1.82, 2.24) is 5.32 Å². The average Bonchev–Trinajstić information content (AvgIpc) is 2.39. The largest absolute Gasteiger partial charge is 0.573 e. The molecule has 0 saturated carbocycles. The number of terminal acetylenes is 1. The Hall–Kier alpha value is -2.36. The first kappa shape index (κ1) is 16.7. The topological polar surface area (TPSA) is 64.3 Å². The summed E-state index contributed by atoms with van der Waals surface area (Å²) in [6.45, 7) is 0.432. The highest BCUT2D eigenvalue weighted by Gasteiger charge is 2.32. The Kier molecular flexibility index (Phi) is 5.91. The molecular formula is C14H15F3N2O2. The second-order valence-electron chi connectivity index (χ2n) is 4.22. The molecule has 0 unspecified atom stereocenters. The normalized spacial score (nSPS) is 10.8. The van der Waals surface area contributed by atoms with Gasteiger partial charge in [-0.05, 0) is 31.0 Å². The van der Waals surface area contributed by atoms with Gasteiger partial charge in [-0.15, -0.1) is 25.5 Å². The standard InChI is InChI=1S/C14H15F3N2O2/c1-2-3-4-5-8-19-13(20)10-6-7-12(11(18)9-10)21-14(15,16)17/h1,6-7,9H,3-5,8,18H2,(H,19,20). The Labute approximate surface area is 120 Å². The minimum absolute atomic E-state index is 0.166. The number of ether oxygens (including phenoxy) is 1. The van der Waals surface area contributed by atoms with Crippen LogP contribution in [0.2, 0.25) is 0 Å². The molecule has 0 radical (unpaired) electrons. The zero-order valence-electron chi connectivity index (χ0n) is 11.2. The number of nitrogens with two attached hydrogens (primary N) is 1. The third kappa shape index (κ3) is 6.08. The molecule has 1 rings (SSSR count). The summed E-state index contributed by atoms with van der Waals surface area (Å²) in [5, 5.41) is 2.63. The number of carbonyl (C=O) groups excluding carboxylic acids is 1. The van der Waals surface area contributed by atoms with Crippen LogP contribution in [-0.4, -0.2) is 18.8 Å². The maximum atomic E-state index is 12.1. The van der Waals surface area contributed by atoms with Crippen LogP contribution in [0.5, 0.6) is 5.75 Å². The molecule has 0 spiro atoms. The highest BCUT2D eigenvalue weighted by Crippen LogP contribution is 2.28. The molecule has 3 N–H and O–H groups in total. The third-order valence-electron chi connectivity index (χ3n) is 2.53. The zero-order valence-corrected chi connectivity index (χ0v) is 11.2. The lowest BCUT2D eigenvalue weighted by Crippen LogP contribution is -2.24. The van der Waals surface area contributed by atoms with Crippen LogP contribution in [0.15, 0.2) is 18.2 Å². The molecule has 1 aromatic carbocycles. The monoisotopic (exact) mass is 300 g/mol. The fraction of sp³-hybridized carbons (Fsp3) is 0.357. The molecule has 7 heteroatoms. The van der Waals surface area contributed by atoms with Crippen molar-refractivity contribution >= 4 is 11.6 Å². The van der Waals surface area contributed by atoms with Crippen LogP contribution >= 0.6 is 0 Å². The van der Waals surface area contributed by atoms with Gasteiger partial charge in [0.05, 0.1) is 5.69 Å². The molecule has 4 nitrogen and oxygen atoms in total. The van der Waals surface area contributed by atoms with E-state index >= 15 is 0 Å². The average molecular weight is 300 g/mol. The number of nitrogens with one attached hydrogen (secondary N) is 1. The number of carbonyl (C=O) groups is 1. The first-order chi connectivity index (χ1) is 9.83. The molecule has 0 atom stereocenters. The van der Waals surface area contributed by atoms with E-state index in [4.69, 9.17) is 12.2 Å². The number of unbranched alkanes of at least 4 members (excludes halogenated alkanes) is 2. The van der Waals surface area contributed by atoms with E-state index in [1.54, 1.807) is 0 Å². The van der Waals surface area contributed by atoms with E-state index in [1.165, 1.54) is 6.07 Å². The number of anilines is 1. The summed E-state index contributed by atoms with van der Waals surface area (Å²) in [5.74, 6) is 1.53. The van der Waals surface area contributed by atoms with E-state index < -0.39 is 18.0 Å². The van der Waals surface area contributed by atoms with Gasteiger partial charge in [-0.1, -0.05) is 0 Å². The lowest BCUT2D eigenvalue weighted by Gasteiger charge is -2.12. The van der Waals surface area contributed by atoms with Crippen molar-refractivity contribution in [3.05, 3.63) is 23.8 Å². The third-order valence-corrected chi connectivity index (χ3v) is 2.53. The number of benzene rings is 1. The number of halogens is 3. The summed E-state index contributed by atoms with van der Waals surface area (Å²) in [6.07, 6.45) is 2.41. The van der Waals surface area contributed by atoms with Crippen LogP contribution in [0, 0.1) is 12.3 Å². The second kappa shape index (κ2) is 7.43. The molecule has 0 bridgehead atoms. The van der Waals surface area contributed by atoms with E-state index in [0.29, 0.717) is 13.0 Å². The Morgan fingerprint density at radius 2 is 2.10 bits per heavy atom. The van der Waals surface area contributed by atoms with Crippen LogP contribution in [0.3, 0.4) is 0 Å². The number of alkyl halides is 3. The summed E-state index contributed by atoms with van der Waals surface area (Å²) in [5.41, 5.74) is 5.34. The molecule has 21 heavy (non-hydrogen) atoms. The number of nitrogen functional groups attached to an aromatic ring is 1. The van der Waals surface area contributed by atoms with Gasteiger partial charge in [0.15, 0.2) is 5.75 Å². The van der Waals surface area contributed by atoms with Gasteiger partial charge in [0.2, 0.25) is 0 Å². The van der Waals surface area contributed by atoms with Crippen molar-refractivity contribution in [1.29, 1.82) is 0 Å². The molecule has 0 heterocycles. The molecule has 0 aliphatic rings. The Bertz CT molecular complexity index is 536. The predicted molar refractivity (Wildman–Crippen MR) is 72.6 cm³/mol. The zero-order chi connectivity index (χ0) is 15.9. The van der Waals surface area contributed by atoms with Crippen LogP contribution in [0.1, 0.15) is 29.6 Å². The van der Waals surface area contributed by atoms with Gasteiger partial charge < -0.3 is 15.8 Å². The molecule has 114 valence electrons. The van der Waals surface area contributed by atoms with Crippen molar-refractivity contribution in [2.24, 2.45) is 0 Å². The van der Waals surface area contributed by atoms with E-state index in [9.17, 15) is 18.0 Å². The molecule has 0 fully saturated rings. The molecule has 0 saturated heterocycles. The van der Waals surface area contributed by atoms with Gasteiger partial charge in [-0.2, -0.15) is 0 Å². The van der Waals surface area contributed by atoms with Crippen LogP contribution in [0.4, 0.5) is 18.9 Å². The summed E-state index contributed by atoms with van der Waals surface area (Å²) in [7, 11) is 0. The molecule has 1 aromatic rings. The van der Waals surface area contributed by atoms with Gasteiger partial charge in [0.1, 0.15) is 0 Å². The van der Waals surface area contributed by atoms with E-state index in [2.05, 4.69) is 16.0 Å². The van der Waals surface area contributed by atoms with Gasteiger partial charge in [0.25, 0.3) is 5.91 Å². The highest BCUT2D eigenvalue weighted by molar-refractivity contribution is 5.95. The number of amides is 1. The number of rotatable bonds is 6. The first-order valence-corrected chi connectivity index (χ1v) is 6.20. The van der Waals surface area contributed by atoms with Crippen molar-refractivity contribution in [3.63, 3.8) is 0 Å². The Balaban J connectivity index is 2.58. The van der Waals surface area contributed by atoms with Crippen LogP contribution in [0.25, 0.3) is 0 Å². The first-order valence-electron chi connectivity index (χ1n) is 6.20. The van der Waals surface area contributed by atoms with Crippen molar-refractivity contribution in [2.75, 3.05) is 12.3 Å². The molecule has 0 aliphatic heterocycles.